The van der Waals surface area contributed by atoms with Crippen LogP contribution in [0.2, 0.25) is 0 Å². The van der Waals surface area contributed by atoms with Crippen LogP contribution in [0.3, 0.4) is 0 Å². The number of carboxylic acids is 1. The average Bonchev–Trinajstić information content (AvgIpc) is 1.89. The molecule has 0 radical (unpaired) electrons. The normalized spacial score (nSPS) is 10.4. The molecule has 0 spiro atoms. The van der Waals surface area contributed by atoms with Gasteiger partial charge in [-0.15, -0.1) is 0 Å². The van der Waals surface area contributed by atoms with E-state index in [0.717, 1.165) is 6.08 Å². The maximum atomic E-state index is 9.62. The lowest BCUT2D eigenvalue weighted by Crippen LogP contribution is -2.06. The van der Waals surface area contributed by atoms with Gasteiger partial charge in [0.1, 0.15) is 0 Å². The second-order valence-electron chi connectivity index (χ2n) is 1.62. The number of primary amides is 1. The van der Waals surface area contributed by atoms with Gasteiger partial charge in [-0.1, -0.05) is 6.58 Å². The first-order chi connectivity index (χ1) is 4.91. The molecule has 1 amide bonds. The fraction of sp³-hybridized carbons (Fsp3) is 0.333. The highest BCUT2D eigenvalue weighted by Gasteiger charge is 2.00. The first kappa shape index (κ1) is 12.7. The first-order valence-corrected chi connectivity index (χ1v) is 3.26. The van der Waals surface area contributed by atoms with Crippen molar-refractivity contribution < 1.29 is 14.7 Å². The number of amides is 1. The SMILES string of the molecule is C=CC(N)=O.CC(S)C(=O)O. The van der Waals surface area contributed by atoms with Gasteiger partial charge in [-0.3, -0.25) is 9.59 Å². The van der Waals surface area contributed by atoms with Crippen LogP contribution in [-0.2, 0) is 9.59 Å². The van der Waals surface area contributed by atoms with Gasteiger partial charge in [-0.25, -0.2) is 0 Å². The minimum atomic E-state index is -0.877. The number of hydrogen-bond acceptors (Lipinski definition) is 3. The van der Waals surface area contributed by atoms with E-state index in [0.29, 0.717) is 0 Å². The topological polar surface area (TPSA) is 80.4 Å². The lowest BCUT2D eigenvalue weighted by Gasteiger charge is -1.88. The minimum absolute atomic E-state index is 0.481. The summed E-state index contributed by atoms with van der Waals surface area (Å²) in [5.74, 6) is -1.36. The van der Waals surface area contributed by atoms with Crippen LogP contribution >= 0.6 is 12.6 Å². The zero-order valence-electron chi connectivity index (χ0n) is 6.15. The zero-order chi connectivity index (χ0) is 9.44. The van der Waals surface area contributed by atoms with Crippen molar-refractivity contribution in [2.75, 3.05) is 0 Å². The number of nitrogens with two attached hydrogens (primary N) is 1. The number of aliphatic carboxylic acids is 1. The Bertz CT molecular complexity index is 156. The van der Waals surface area contributed by atoms with Crippen molar-refractivity contribution in [2.24, 2.45) is 5.73 Å². The number of carbonyl (C=O) groups excluding carboxylic acids is 1. The Morgan fingerprint density at radius 2 is 1.91 bits per heavy atom. The van der Waals surface area contributed by atoms with Crippen molar-refractivity contribution in [1.82, 2.24) is 0 Å². The predicted octanol–water partition coefficient (Wildman–Crippen LogP) is 0.0470. The highest BCUT2D eigenvalue weighted by atomic mass is 32.1. The van der Waals surface area contributed by atoms with E-state index in [1.165, 1.54) is 6.92 Å². The van der Waals surface area contributed by atoms with Crippen LogP contribution in [0.5, 0.6) is 0 Å². The Hall–Kier alpha value is -0.970. The third kappa shape index (κ3) is 17.6. The summed E-state index contributed by atoms with van der Waals surface area (Å²) < 4.78 is 0. The molecule has 0 aliphatic heterocycles. The molecule has 0 aliphatic carbocycles. The third-order valence-corrected chi connectivity index (χ3v) is 0.779. The van der Waals surface area contributed by atoms with Gasteiger partial charge in [0.15, 0.2) is 0 Å². The lowest BCUT2D eigenvalue weighted by atomic mass is 10.5. The molecule has 0 fully saturated rings. The van der Waals surface area contributed by atoms with E-state index >= 15 is 0 Å². The van der Waals surface area contributed by atoms with Gasteiger partial charge in [-0.05, 0) is 13.0 Å². The van der Waals surface area contributed by atoms with Crippen molar-refractivity contribution in [3.8, 4) is 0 Å². The van der Waals surface area contributed by atoms with E-state index < -0.39 is 17.1 Å². The Kier molecular flexibility index (Phi) is 8.23. The molecule has 0 bridgehead atoms. The predicted molar refractivity (Wildman–Crippen MR) is 45.5 cm³/mol. The minimum Gasteiger partial charge on any atom is -0.480 e. The van der Waals surface area contributed by atoms with Gasteiger partial charge < -0.3 is 10.8 Å². The molecule has 1 atom stereocenters. The third-order valence-electron chi connectivity index (χ3n) is 0.559. The van der Waals surface area contributed by atoms with Gasteiger partial charge in [0.2, 0.25) is 5.91 Å². The van der Waals surface area contributed by atoms with Crippen LogP contribution in [0.25, 0.3) is 0 Å². The monoisotopic (exact) mass is 177 g/mol. The molecule has 0 heterocycles. The molecular formula is C6H11NO3S. The maximum absolute atomic E-state index is 9.62. The molecule has 4 nitrogen and oxygen atoms in total. The fourth-order valence-electron chi connectivity index (χ4n) is 0. The van der Waals surface area contributed by atoms with E-state index in [-0.39, 0.29) is 0 Å². The lowest BCUT2D eigenvalue weighted by molar-refractivity contribution is -0.136. The Labute approximate surface area is 70.5 Å². The number of carboxylic acid groups (broad SMARTS) is 1. The molecule has 0 aromatic rings. The smallest absolute Gasteiger partial charge is 0.316 e. The number of hydrogen-bond donors (Lipinski definition) is 3. The van der Waals surface area contributed by atoms with Crippen LogP contribution in [0, 0.1) is 0 Å². The van der Waals surface area contributed by atoms with E-state index in [1.807, 2.05) is 0 Å². The van der Waals surface area contributed by atoms with Crippen molar-refractivity contribution in [3.63, 3.8) is 0 Å². The number of rotatable bonds is 2. The summed E-state index contributed by atoms with van der Waals surface area (Å²) in [7, 11) is 0. The Morgan fingerprint density at radius 1 is 1.73 bits per heavy atom. The van der Waals surface area contributed by atoms with Crippen LogP contribution in [-0.4, -0.2) is 22.2 Å². The summed E-state index contributed by atoms with van der Waals surface area (Å²) in [5, 5.41) is 7.38. The molecule has 0 aliphatic rings. The van der Waals surface area contributed by atoms with Gasteiger partial charge in [0.05, 0.1) is 5.25 Å². The molecular weight excluding hydrogens is 166 g/mol. The van der Waals surface area contributed by atoms with Gasteiger partial charge in [0.25, 0.3) is 0 Å². The van der Waals surface area contributed by atoms with Crippen molar-refractivity contribution >= 4 is 24.5 Å². The molecule has 64 valence electrons. The first-order valence-electron chi connectivity index (χ1n) is 2.74. The summed E-state index contributed by atoms with van der Waals surface area (Å²) in [6.07, 6.45) is 1.06. The standard InChI is InChI=1S/C3H5NO.C3H6O2S/c1-2-3(4)5;1-2(6)3(4)5/h2H,1H2,(H2,4,5);2,6H,1H3,(H,4,5). The summed E-state index contributed by atoms with van der Waals surface area (Å²) in [6, 6.07) is 0. The van der Waals surface area contributed by atoms with Crippen LogP contribution < -0.4 is 5.73 Å². The summed E-state index contributed by atoms with van der Waals surface area (Å²) in [5.41, 5.74) is 4.53. The largest absolute Gasteiger partial charge is 0.480 e. The molecule has 5 heteroatoms. The molecule has 0 saturated heterocycles. The summed E-state index contributed by atoms with van der Waals surface area (Å²) >= 11 is 3.59. The van der Waals surface area contributed by atoms with Gasteiger partial charge in [-0.2, -0.15) is 12.6 Å². The summed E-state index contributed by atoms with van der Waals surface area (Å²) in [6.45, 7) is 4.59. The molecule has 0 aromatic heterocycles. The maximum Gasteiger partial charge on any atom is 0.316 e. The second kappa shape index (κ2) is 7.14. The van der Waals surface area contributed by atoms with Crippen LogP contribution in [0.1, 0.15) is 6.92 Å². The quantitative estimate of drug-likeness (QED) is 0.411. The zero-order valence-corrected chi connectivity index (χ0v) is 7.04. The molecule has 0 aromatic carbocycles. The molecule has 3 N–H and O–H groups in total. The average molecular weight is 177 g/mol. The van der Waals surface area contributed by atoms with E-state index in [2.05, 4.69) is 24.9 Å². The molecule has 11 heavy (non-hydrogen) atoms. The highest BCUT2D eigenvalue weighted by Crippen LogP contribution is 1.88. The molecule has 0 rings (SSSR count). The number of thiol groups is 1. The van der Waals surface area contributed by atoms with Crippen molar-refractivity contribution in [1.29, 1.82) is 0 Å². The van der Waals surface area contributed by atoms with Crippen LogP contribution in [0.15, 0.2) is 12.7 Å². The van der Waals surface area contributed by atoms with E-state index in [1.54, 1.807) is 0 Å². The summed E-state index contributed by atoms with van der Waals surface area (Å²) in [4.78, 5) is 19.1. The van der Waals surface area contributed by atoms with E-state index in [9.17, 15) is 9.59 Å². The second-order valence-corrected chi connectivity index (χ2v) is 2.40. The molecule has 1 unspecified atom stereocenters. The van der Waals surface area contributed by atoms with Crippen molar-refractivity contribution in [3.05, 3.63) is 12.7 Å². The van der Waals surface area contributed by atoms with Gasteiger partial charge >= 0.3 is 5.97 Å². The number of carbonyl (C=O) groups is 2. The Morgan fingerprint density at radius 3 is 1.91 bits per heavy atom. The van der Waals surface area contributed by atoms with Crippen molar-refractivity contribution in [2.45, 2.75) is 12.2 Å². The fourth-order valence-corrected chi connectivity index (χ4v) is 0. The van der Waals surface area contributed by atoms with E-state index in [4.69, 9.17) is 5.11 Å². The highest BCUT2D eigenvalue weighted by molar-refractivity contribution is 7.81. The molecule has 0 saturated carbocycles. The van der Waals surface area contributed by atoms with Crippen LogP contribution in [0.4, 0.5) is 0 Å². The Balaban J connectivity index is 0. The van der Waals surface area contributed by atoms with Gasteiger partial charge in [0, 0.05) is 0 Å².